The first-order chi connectivity index (χ1) is 10.2. The van der Waals surface area contributed by atoms with E-state index in [0.29, 0.717) is 12.3 Å². The molecule has 0 atom stereocenters. The van der Waals surface area contributed by atoms with E-state index in [-0.39, 0.29) is 18.3 Å². The lowest BCUT2D eigenvalue weighted by atomic mass is 10.3. The molecule has 2 aromatic rings. The van der Waals surface area contributed by atoms with Gasteiger partial charge in [-0.05, 0) is 46.7 Å². The van der Waals surface area contributed by atoms with Gasteiger partial charge in [-0.3, -0.25) is 4.79 Å². The summed E-state index contributed by atoms with van der Waals surface area (Å²) in [6.07, 6.45) is 0. The number of carbonyl (C=O) groups excluding carboxylic acids is 1. The molecule has 21 heavy (non-hydrogen) atoms. The lowest BCUT2D eigenvalue weighted by Gasteiger charge is -2.07. The van der Waals surface area contributed by atoms with Crippen molar-refractivity contribution in [1.29, 1.82) is 0 Å². The minimum atomic E-state index is -0.325. The molecule has 3 nitrogen and oxygen atoms in total. The average Bonchev–Trinajstić information content (AvgIpc) is 2.99. The summed E-state index contributed by atoms with van der Waals surface area (Å²) >= 11 is 3.47. The fraction of sp³-hybridized carbons (Fsp3) is 0.267. The minimum absolute atomic E-state index is 0.0547. The fourth-order valence-corrected chi connectivity index (χ4v) is 3.14. The monoisotopic (exact) mass is 325 g/mol. The van der Waals surface area contributed by atoms with Crippen LogP contribution >= 0.6 is 23.1 Å². The van der Waals surface area contributed by atoms with Gasteiger partial charge in [-0.25, -0.2) is 4.39 Å². The van der Waals surface area contributed by atoms with Crippen LogP contribution < -0.4 is 10.1 Å². The predicted molar refractivity (Wildman–Crippen MR) is 85.4 cm³/mol. The van der Waals surface area contributed by atoms with Crippen molar-refractivity contribution in [3.05, 3.63) is 52.5 Å². The first-order valence-corrected chi connectivity index (χ1v) is 8.57. The van der Waals surface area contributed by atoms with Crippen LogP contribution in [0.2, 0.25) is 0 Å². The molecule has 0 fully saturated rings. The second-order valence-electron chi connectivity index (χ2n) is 4.28. The van der Waals surface area contributed by atoms with E-state index in [4.69, 9.17) is 4.74 Å². The van der Waals surface area contributed by atoms with E-state index in [9.17, 15) is 9.18 Å². The number of halogens is 1. The molecule has 0 spiro atoms. The predicted octanol–water partition coefficient (Wildman–Crippen LogP) is 3.32. The fourth-order valence-electron chi connectivity index (χ4n) is 1.56. The first kappa shape index (κ1) is 15.9. The van der Waals surface area contributed by atoms with Crippen LogP contribution in [0.4, 0.5) is 4.39 Å². The third kappa shape index (κ3) is 6.18. The number of carbonyl (C=O) groups is 1. The molecular formula is C15H16FNO2S2. The average molecular weight is 325 g/mol. The summed E-state index contributed by atoms with van der Waals surface area (Å²) in [6.45, 7) is 0.557. The van der Waals surface area contributed by atoms with E-state index in [1.54, 1.807) is 23.1 Å². The molecule has 0 aliphatic rings. The van der Waals surface area contributed by atoms with E-state index >= 15 is 0 Å². The zero-order valence-corrected chi connectivity index (χ0v) is 13.0. The van der Waals surface area contributed by atoms with Crippen LogP contribution in [0.5, 0.6) is 5.75 Å². The van der Waals surface area contributed by atoms with E-state index in [1.165, 1.54) is 29.8 Å². The van der Waals surface area contributed by atoms with Gasteiger partial charge in [0, 0.05) is 18.1 Å². The van der Waals surface area contributed by atoms with Crippen molar-refractivity contribution in [2.24, 2.45) is 0 Å². The maximum absolute atomic E-state index is 12.7. The Morgan fingerprint density at radius 2 is 2.10 bits per heavy atom. The van der Waals surface area contributed by atoms with Crippen LogP contribution in [0.15, 0.2) is 41.1 Å². The summed E-state index contributed by atoms with van der Waals surface area (Å²) in [5.41, 5.74) is 1.32. The Hall–Kier alpha value is -1.53. The lowest BCUT2D eigenvalue weighted by Crippen LogP contribution is -2.30. The highest BCUT2D eigenvalue weighted by molar-refractivity contribution is 7.98. The Morgan fingerprint density at radius 1 is 1.29 bits per heavy atom. The van der Waals surface area contributed by atoms with Gasteiger partial charge in [-0.1, -0.05) is 0 Å². The van der Waals surface area contributed by atoms with Gasteiger partial charge in [0.25, 0.3) is 5.91 Å². The Labute approximate surface area is 131 Å². The number of thioether (sulfide) groups is 1. The second-order valence-corrected chi connectivity index (χ2v) is 6.16. The van der Waals surface area contributed by atoms with Crippen molar-refractivity contribution in [2.45, 2.75) is 5.75 Å². The van der Waals surface area contributed by atoms with Crippen LogP contribution in [0, 0.1) is 5.82 Å². The van der Waals surface area contributed by atoms with Crippen molar-refractivity contribution in [3.8, 4) is 5.75 Å². The summed E-state index contributed by atoms with van der Waals surface area (Å²) in [7, 11) is 0. The number of thiophene rings is 1. The summed E-state index contributed by atoms with van der Waals surface area (Å²) in [5, 5.41) is 6.98. The molecule has 2 rings (SSSR count). The van der Waals surface area contributed by atoms with Crippen LogP contribution in [-0.2, 0) is 10.5 Å². The highest BCUT2D eigenvalue weighted by Crippen LogP contribution is 2.14. The van der Waals surface area contributed by atoms with Gasteiger partial charge in [-0.15, -0.1) is 0 Å². The third-order valence-electron chi connectivity index (χ3n) is 2.60. The van der Waals surface area contributed by atoms with E-state index in [0.717, 1.165) is 11.5 Å². The number of amides is 1. The SMILES string of the molecule is O=C(COc1ccc(F)cc1)NCCSCc1ccsc1. The van der Waals surface area contributed by atoms with E-state index in [2.05, 4.69) is 22.1 Å². The van der Waals surface area contributed by atoms with Crippen molar-refractivity contribution in [1.82, 2.24) is 5.32 Å². The molecule has 1 aromatic heterocycles. The summed E-state index contributed by atoms with van der Waals surface area (Å²) in [6, 6.07) is 7.70. The van der Waals surface area contributed by atoms with Gasteiger partial charge in [-0.2, -0.15) is 23.1 Å². The van der Waals surface area contributed by atoms with Crippen LogP contribution in [0.3, 0.4) is 0 Å². The molecule has 1 heterocycles. The number of hydrogen-bond donors (Lipinski definition) is 1. The Bertz CT molecular complexity index is 543. The molecule has 0 radical (unpaired) electrons. The molecule has 0 saturated carbocycles. The molecule has 0 aliphatic carbocycles. The third-order valence-corrected chi connectivity index (χ3v) is 4.36. The van der Waals surface area contributed by atoms with Gasteiger partial charge in [0.05, 0.1) is 0 Å². The quantitative estimate of drug-likeness (QED) is 0.757. The van der Waals surface area contributed by atoms with Gasteiger partial charge in [0.2, 0.25) is 0 Å². The molecule has 0 aliphatic heterocycles. The van der Waals surface area contributed by atoms with Gasteiger partial charge >= 0.3 is 0 Å². The molecule has 0 unspecified atom stereocenters. The van der Waals surface area contributed by atoms with Gasteiger partial charge in [0.15, 0.2) is 6.61 Å². The topological polar surface area (TPSA) is 38.3 Å². The zero-order chi connectivity index (χ0) is 14.9. The van der Waals surface area contributed by atoms with Crippen molar-refractivity contribution < 1.29 is 13.9 Å². The van der Waals surface area contributed by atoms with Crippen molar-refractivity contribution in [3.63, 3.8) is 0 Å². The van der Waals surface area contributed by atoms with Gasteiger partial charge in [0.1, 0.15) is 11.6 Å². The van der Waals surface area contributed by atoms with Crippen LogP contribution in [-0.4, -0.2) is 24.8 Å². The van der Waals surface area contributed by atoms with Gasteiger partial charge < -0.3 is 10.1 Å². The molecule has 1 amide bonds. The maximum Gasteiger partial charge on any atom is 0.257 e. The smallest absolute Gasteiger partial charge is 0.257 e. The molecule has 112 valence electrons. The zero-order valence-electron chi connectivity index (χ0n) is 11.4. The molecule has 6 heteroatoms. The number of rotatable bonds is 8. The van der Waals surface area contributed by atoms with E-state index < -0.39 is 0 Å². The van der Waals surface area contributed by atoms with E-state index in [1.807, 2.05) is 0 Å². The number of ether oxygens (including phenoxy) is 1. The largest absolute Gasteiger partial charge is 0.484 e. The Kier molecular flexibility index (Phi) is 6.56. The molecule has 0 saturated heterocycles. The highest BCUT2D eigenvalue weighted by Gasteiger charge is 2.02. The molecule has 1 aromatic carbocycles. The molecule has 0 bridgehead atoms. The standard InChI is InChI=1S/C15H16FNO2S2/c16-13-1-3-14(4-2-13)19-9-15(18)17-6-8-21-11-12-5-7-20-10-12/h1-5,7,10H,6,8-9,11H2,(H,17,18). The summed E-state index contributed by atoms with van der Waals surface area (Å²) < 4.78 is 17.9. The van der Waals surface area contributed by atoms with Crippen LogP contribution in [0.25, 0.3) is 0 Å². The summed E-state index contributed by atoms with van der Waals surface area (Å²) in [5.74, 6) is 1.81. The number of hydrogen-bond acceptors (Lipinski definition) is 4. The normalized spacial score (nSPS) is 10.3. The number of benzene rings is 1. The minimum Gasteiger partial charge on any atom is -0.484 e. The molecular weight excluding hydrogens is 309 g/mol. The highest BCUT2D eigenvalue weighted by atomic mass is 32.2. The van der Waals surface area contributed by atoms with Crippen LogP contribution in [0.1, 0.15) is 5.56 Å². The lowest BCUT2D eigenvalue weighted by molar-refractivity contribution is -0.122. The number of nitrogens with one attached hydrogen (secondary N) is 1. The van der Waals surface area contributed by atoms with Crippen molar-refractivity contribution >= 4 is 29.0 Å². The second kappa shape index (κ2) is 8.69. The maximum atomic E-state index is 12.7. The summed E-state index contributed by atoms with van der Waals surface area (Å²) in [4.78, 5) is 11.6. The van der Waals surface area contributed by atoms with Crippen molar-refractivity contribution in [2.75, 3.05) is 18.9 Å². The molecule has 1 N–H and O–H groups in total. The first-order valence-electron chi connectivity index (χ1n) is 6.48. The Balaban J connectivity index is 1.54. The Morgan fingerprint density at radius 3 is 2.81 bits per heavy atom.